The van der Waals surface area contributed by atoms with E-state index in [-0.39, 0.29) is 12.1 Å². The number of anilines is 2. The van der Waals surface area contributed by atoms with Crippen LogP contribution in [0.4, 0.5) is 11.6 Å². The Hall–Kier alpha value is -1.44. The van der Waals surface area contributed by atoms with E-state index in [9.17, 15) is 5.11 Å². The topological polar surface area (TPSA) is 105 Å². The molecule has 2 rings (SSSR count). The summed E-state index contributed by atoms with van der Waals surface area (Å²) in [7, 11) is 0. The van der Waals surface area contributed by atoms with Crippen molar-refractivity contribution in [1.82, 2.24) is 9.97 Å². The zero-order valence-corrected chi connectivity index (χ0v) is 10.4. The third-order valence-electron chi connectivity index (χ3n) is 2.91. The molecular formula is C11H19N5O2. The van der Waals surface area contributed by atoms with Crippen molar-refractivity contribution in [2.24, 2.45) is 5.84 Å². The minimum atomic E-state index is -0.219. The largest absolute Gasteiger partial charge is 0.394 e. The summed E-state index contributed by atoms with van der Waals surface area (Å²) in [6.45, 7) is 2.96. The number of nitrogen functional groups attached to an aromatic ring is 1. The molecule has 7 nitrogen and oxygen atoms in total. The predicted molar refractivity (Wildman–Crippen MR) is 67.8 cm³/mol. The van der Waals surface area contributed by atoms with Crippen molar-refractivity contribution in [3.8, 4) is 0 Å². The number of aliphatic hydroxyl groups is 1. The van der Waals surface area contributed by atoms with Crippen LogP contribution in [0.1, 0.15) is 25.6 Å². The number of nitrogens with one attached hydrogen (secondary N) is 2. The van der Waals surface area contributed by atoms with E-state index in [1.165, 1.54) is 0 Å². The van der Waals surface area contributed by atoms with Crippen molar-refractivity contribution >= 4 is 11.6 Å². The summed E-state index contributed by atoms with van der Waals surface area (Å²) in [6, 6.07) is 1.71. The van der Waals surface area contributed by atoms with Crippen LogP contribution < -0.4 is 16.6 Å². The van der Waals surface area contributed by atoms with Crippen molar-refractivity contribution < 1.29 is 9.84 Å². The van der Waals surface area contributed by atoms with Gasteiger partial charge in [-0.25, -0.2) is 15.8 Å². The molecule has 0 aliphatic heterocycles. The van der Waals surface area contributed by atoms with Gasteiger partial charge in [-0.3, -0.25) is 0 Å². The second-order valence-corrected chi connectivity index (χ2v) is 4.40. The number of nitrogens with two attached hydrogens (primary N) is 1. The summed E-state index contributed by atoms with van der Waals surface area (Å²) in [5.41, 5.74) is 2.28. The van der Waals surface area contributed by atoms with Crippen molar-refractivity contribution in [1.29, 1.82) is 0 Å². The molecule has 0 aromatic carbocycles. The number of aromatic nitrogens is 2. The average molecular weight is 253 g/mol. The minimum absolute atomic E-state index is 0.100. The first-order valence-corrected chi connectivity index (χ1v) is 6.03. The number of rotatable bonds is 7. The molecule has 1 aliphatic rings. The van der Waals surface area contributed by atoms with Crippen molar-refractivity contribution in [3.05, 3.63) is 11.9 Å². The number of hydrogen-bond acceptors (Lipinski definition) is 7. The maximum Gasteiger partial charge on any atom is 0.158 e. The fourth-order valence-electron chi connectivity index (χ4n) is 1.64. The molecule has 0 amide bonds. The fourth-order valence-corrected chi connectivity index (χ4v) is 1.64. The van der Waals surface area contributed by atoms with Crippen LogP contribution in [-0.4, -0.2) is 33.8 Å². The van der Waals surface area contributed by atoms with E-state index >= 15 is 0 Å². The highest BCUT2D eigenvalue weighted by Crippen LogP contribution is 2.38. The van der Waals surface area contributed by atoms with Crippen LogP contribution in [0.3, 0.4) is 0 Å². The maximum atomic E-state index is 9.28. The van der Waals surface area contributed by atoms with Gasteiger partial charge in [0.05, 0.1) is 12.1 Å². The highest BCUT2D eigenvalue weighted by molar-refractivity contribution is 5.49. The second-order valence-electron chi connectivity index (χ2n) is 4.40. The molecule has 1 saturated carbocycles. The molecule has 0 saturated heterocycles. The van der Waals surface area contributed by atoms with Gasteiger partial charge < -0.3 is 20.6 Å². The van der Waals surface area contributed by atoms with E-state index in [0.717, 1.165) is 12.8 Å². The van der Waals surface area contributed by atoms with E-state index in [0.29, 0.717) is 30.7 Å². The van der Waals surface area contributed by atoms with E-state index in [1.54, 1.807) is 6.07 Å². The van der Waals surface area contributed by atoms with Crippen molar-refractivity contribution in [2.45, 2.75) is 31.9 Å². The quantitative estimate of drug-likeness (QED) is 0.407. The normalized spacial score (nSPS) is 16.4. The van der Waals surface area contributed by atoms with E-state index < -0.39 is 0 Å². The number of nitrogens with zero attached hydrogens (tertiary/aromatic N) is 2. The molecule has 1 aromatic rings. The second kappa shape index (κ2) is 5.47. The lowest BCUT2D eigenvalue weighted by Gasteiger charge is -2.16. The van der Waals surface area contributed by atoms with Crippen LogP contribution in [-0.2, 0) is 11.3 Å². The number of hydrazine groups is 1. The Balaban J connectivity index is 2.12. The lowest BCUT2D eigenvalue weighted by atomic mass is 10.3. The molecule has 100 valence electrons. The molecule has 1 heterocycles. The third-order valence-corrected chi connectivity index (χ3v) is 2.91. The first-order valence-electron chi connectivity index (χ1n) is 6.03. The average Bonchev–Trinajstić information content (AvgIpc) is 3.16. The van der Waals surface area contributed by atoms with Gasteiger partial charge in [0.15, 0.2) is 5.82 Å². The Bertz CT molecular complexity index is 408. The molecule has 1 aliphatic carbocycles. The summed E-state index contributed by atoms with van der Waals surface area (Å²) < 4.78 is 5.28. The molecule has 0 unspecified atom stereocenters. The molecule has 18 heavy (non-hydrogen) atoms. The van der Waals surface area contributed by atoms with Gasteiger partial charge in [0.25, 0.3) is 0 Å². The van der Waals surface area contributed by atoms with Crippen LogP contribution >= 0.6 is 0 Å². The molecule has 0 bridgehead atoms. The van der Waals surface area contributed by atoms with Gasteiger partial charge in [0, 0.05) is 12.7 Å². The Morgan fingerprint density at radius 2 is 2.17 bits per heavy atom. The molecule has 7 heteroatoms. The highest BCUT2D eigenvalue weighted by atomic mass is 16.5. The van der Waals surface area contributed by atoms with Gasteiger partial charge in [0.1, 0.15) is 18.2 Å². The van der Waals surface area contributed by atoms with Gasteiger partial charge in [-0.1, -0.05) is 0 Å². The summed E-state index contributed by atoms with van der Waals surface area (Å²) in [5.74, 6) is 7.10. The zero-order valence-electron chi connectivity index (χ0n) is 10.4. The minimum Gasteiger partial charge on any atom is -0.394 e. The smallest absolute Gasteiger partial charge is 0.158 e. The molecule has 1 aromatic heterocycles. The van der Waals surface area contributed by atoms with Gasteiger partial charge in [0.2, 0.25) is 0 Å². The monoisotopic (exact) mass is 253 g/mol. The lowest BCUT2D eigenvalue weighted by Crippen LogP contribution is -2.26. The molecular weight excluding hydrogens is 234 g/mol. The van der Waals surface area contributed by atoms with Crippen LogP contribution in [0.2, 0.25) is 0 Å². The van der Waals surface area contributed by atoms with Crippen LogP contribution in [0, 0.1) is 0 Å². The maximum absolute atomic E-state index is 9.28. The Morgan fingerprint density at radius 1 is 1.44 bits per heavy atom. The molecule has 1 fully saturated rings. The van der Waals surface area contributed by atoms with Crippen molar-refractivity contribution in [3.63, 3.8) is 0 Å². The molecule has 5 N–H and O–H groups in total. The first-order chi connectivity index (χ1) is 8.71. The van der Waals surface area contributed by atoms with Gasteiger partial charge >= 0.3 is 0 Å². The zero-order chi connectivity index (χ0) is 13.0. The number of ether oxygens (including phenoxy) is 1. The summed E-state index contributed by atoms with van der Waals surface area (Å²) >= 11 is 0. The van der Waals surface area contributed by atoms with Crippen LogP contribution in [0.5, 0.6) is 0 Å². The first kappa shape index (κ1) is 13.0. The van der Waals surface area contributed by atoms with E-state index in [1.807, 2.05) is 6.92 Å². The fraction of sp³-hybridized carbons (Fsp3) is 0.636. The lowest BCUT2D eigenvalue weighted by molar-refractivity contribution is 0.128. The predicted octanol–water partition coefficient (Wildman–Crippen LogP) is 0.235. The van der Waals surface area contributed by atoms with Crippen LogP contribution in [0.25, 0.3) is 0 Å². The highest BCUT2D eigenvalue weighted by Gasteiger charge is 2.42. The summed E-state index contributed by atoms with van der Waals surface area (Å²) in [5, 5.41) is 12.5. The molecule has 0 radical (unpaired) electrons. The SMILES string of the molecule is CCOCc1nc(NN)cc(NC2(CO)CC2)n1. The number of hydrogen-bond donors (Lipinski definition) is 4. The molecule has 0 spiro atoms. The van der Waals surface area contributed by atoms with E-state index in [2.05, 4.69) is 20.7 Å². The number of aliphatic hydroxyl groups excluding tert-OH is 1. The molecule has 0 atom stereocenters. The summed E-state index contributed by atoms with van der Waals surface area (Å²) in [6.07, 6.45) is 1.89. The summed E-state index contributed by atoms with van der Waals surface area (Å²) in [4.78, 5) is 8.53. The Morgan fingerprint density at radius 3 is 2.72 bits per heavy atom. The van der Waals surface area contributed by atoms with Gasteiger partial charge in [-0.05, 0) is 19.8 Å². The van der Waals surface area contributed by atoms with Crippen molar-refractivity contribution in [2.75, 3.05) is 24.0 Å². The van der Waals surface area contributed by atoms with Gasteiger partial charge in [-0.2, -0.15) is 0 Å². The van der Waals surface area contributed by atoms with E-state index in [4.69, 9.17) is 10.6 Å². The van der Waals surface area contributed by atoms with Gasteiger partial charge in [-0.15, -0.1) is 0 Å². The third kappa shape index (κ3) is 3.06. The standard InChI is InChI=1S/C11H19N5O2/c1-2-18-6-10-13-8(5-9(14-10)16-12)15-11(7-17)3-4-11/h5,17H,2-4,6-7,12H2,1H3,(H2,13,14,15,16). The Kier molecular flexibility index (Phi) is 3.95. The van der Waals surface area contributed by atoms with Crippen LogP contribution in [0.15, 0.2) is 6.07 Å². The Labute approximate surface area is 106 Å².